The molecule has 2 aromatic rings. The zero-order valence-electron chi connectivity index (χ0n) is 24.1. The zero-order valence-corrected chi connectivity index (χ0v) is 24.1. The van der Waals surface area contributed by atoms with Gasteiger partial charge in [0.05, 0.1) is 25.2 Å². The summed E-state index contributed by atoms with van der Waals surface area (Å²) in [6.45, 7) is 10.8. The lowest BCUT2D eigenvalue weighted by Crippen LogP contribution is -2.42. The van der Waals surface area contributed by atoms with Crippen molar-refractivity contribution in [2.45, 2.75) is 51.6 Å². The molecule has 220 valence electrons. The third-order valence-corrected chi connectivity index (χ3v) is 5.23. The highest BCUT2D eigenvalue weighted by atomic mass is 16.5. The second kappa shape index (κ2) is 24.3. The Morgan fingerprint density at radius 1 is 0.925 bits per heavy atom. The van der Waals surface area contributed by atoms with Crippen LogP contribution in [0.2, 0.25) is 0 Å². The van der Waals surface area contributed by atoms with Crippen molar-refractivity contribution in [2.24, 2.45) is 5.92 Å². The monoisotopic (exact) mass is 554 g/mol. The molecule has 3 unspecified atom stereocenters. The van der Waals surface area contributed by atoms with E-state index >= 15 is 0 Å². The van der Waals surface area contributed by atoms with Crippen molar-refractivity contribution in [3.05, 3.63) is 97.6 Å². The number of rotatable bonds is 15. The maximum Gasteiger partial charge on any atom is 0.309 e. The number of hydrogen-bond acceptors (Lipinski definition) is 6. The molecule has 2 aromatic carbocycles. The number of benzene rings is 2. The van der Waals surface area contributed by atoms with E-state index in [0.29, 0.717) is 25.7 Å². The molecule has 40 heavy (non-hydrogen) atoms. The van der Waals surface area contributed by atoms with E-state index in [1.807, 2.05) is 66.7 Å². The molecule has 0 bridgehead atoms. The Bertz CT molecular complexity index is 926. The van der Waals surface area contributed by atoms with Crippen molar-refractivity contribution in [3.63, 3.8) is 0 Å². The number of aliphatic hydroxyl groups excluding tert-OH is 1. The lowest BCUT2D eigenvalue weighted by atomic mass is 9.96. The molecule has 2 rings (SSSR count). The molecule has 0 heterocycles. The van der Waals surface area contributed by atoms with Crippen molar-refractivity contribution in [2.75, 3.05) is 26.9 Å². The first-order valence-electron chi connectivity index (χ1n) is 13.4. The summed E-state index contributed by atoms with van der Waals surface area (Å²) < 4.78 is 10.6. The van der Waals surface area contributed by atoms with Crippen LogP contribution in [-0.2, 0) is 30.3 Å². The molecule has 0 saturated carbocycles. The molecule has 0 aliphatic carbocycles. The summed E-state index contributed by atoms with van der Waals surface area (Å²) in [5.74, 6) is -0.814. The number of ether oxygens (including phenoxy) is 2. The summed E-state index contributed by atoms with van der Waals surface area (Å²) in [5, 5.41) is 13.7. The SMILES string of the molecule is C=CCCC(=O)NC(COC)COC(=O)C(CC=C)Cc1ccccc1.CC(=O)NC(C)CO.c1ccccc1. The molecule has 3 atom stereocenters. The second-order valence-electron chi connectivity index (χ2n) is 9.03. The lowest BCUT2D eigenvalue weighted by molar-refractivity contribution is -0.150. The summed E-state index contributed by atoms with van der Waals surface area (Å²) in [5.41, 5.74) is 1.07. The van der Waals surface area contributed by atoms with Crippen molar-refractivity contribution >= 4 is 17.8 Å². The number of esters is 1. The van der Waals surface area contributed by atoms with Crippen LogP contribution in [0.25, 0.3) is 0 Å². The number of carbonyl (C=O) groups is 3. The van der Waals surface area contributed by atoms with E-state index in [1.54, 1.807) is 26.2 Å². The third-order valence-electron chi connectivity index (χ3n) is 5.23. The van der Waals surface area contributed by atoms with Gasteiger partial charge in [0.2, 0.25) is 11.8 Å². The molecule has 0 radical (unpaired) electrons. The summed E-state index contributed by atoms with van der Waals surface area (Å²) in [6, 6.07) is 21.3. The largest absolute Gasteiger partial charge is 0.463 e. The summed E-state index contributed by atoms with van der Waals surface area (Å²) >= 11 is 0. The van der Waals surface area contributed by atoms with Crippen molar-refractivity contribution < 1.29 is 29.0 Å². The minimum Gasteiger partial charge on any atom is -0.463 e. The first-order valence-corrected chi connectivity index (χ1v) is 13.4. The first kappa shape index (κ1) is 36.2. The fourth-order valence-electron chi connectivity index (χ4n) is 3.31. The Kier molecular flexibility index (Phi) is 22.0. The Labute approximate surface area is 239 Å². The molecule has 3 N–H and O–H groups in total. The van der Waals surface area contributed by atoms with Crippen LogP contribution in [0.3, 0.4) is 0 Å². The van der Waals surface area contributed by atoms with Crippen LogP contribution in [0, 0.1) is 5.92 Å². The van der Waals surface area contributed by atoms with Crippen LogP contribution in [-0.4, -0.2) is 61.9 Å². The lowest BCUT2D eigenvalue weighted by Gasteiger charge is -2.20. The maximum absolute atomic E-state index is 12.5. The van der Waals surface area contributed by atoms with E-state index in [-0.39, 0.29) is 55.6 Å². The van der Waals surface area contributed by atoms with Crippen molar-refractivity contribution in [1.29, 1.82) is 0 Å². The number of carbonyl (C=O) groups excluding carboxylic acids is 3. The van der Waals surface area contributed by atoms with Gasteiger partial charge in [-0.25, -0.2) is 0 Å². The molecule has 8 nitrogen and oxygen atoms in total. The molecule has 0 aliphatic rings. The molecule has 0 fully saturated rings. The van der Waals surface area contributed by atoms with Crippen LogP contribution < -0.4 is 10.6 Å². The Hall–Kier alpha value is -3.75. The summed E-state index contributed by atoms with van der Waals surface area (Å²) in [4.78, 5) is 34.5. The smallest absolute Gasteiger partial charge is 0.309 e. The van der Waals surface area contributed by atoms with E-state index in [2.05, 4.69) is 23.8 Å². The maximum atomic E-state index is 12.5. The standard InChI is InChI=1S/C21H29NO4.C6H6.C5H11NO2/c1-4-6-13-20(23)22-19(15-25-3)16-26-21(24)18(10-5-2)14-17-11-8-7-9-12-17;1-2-4-6-5-3-1;1-4(3-7)6-5(2)8/h4-5,7-9,11-12,18-19H,1-2,6,10,13-16H2,3H3,(H,22,23);1-6H;4,7H,3H2,1-2H3,(H,6,8). The fraction of sp³-hybridized carbons (Fsp3) is 0.406. The van der Waals surface area contributed by atoms with Crippen LogP contribution in [0.15, 0.2) is 92.0 Å². The van der Waals surface area contributed by atoms with Gasteiger partial charge in [-0.2, -0.15) is 0 Å². The van der Waals surface area contributed by atoms with Gasteiger partial charge >= 0.3 is 5.97 Å². The van der Waals surface area contributed by atoms with Crippen molar-refractivity contribution in [3.8, 4) is 0 Å². The highest BCUT2D eigenvalue weighted by Crippen LogP contribution is 2.15. The number of nitrogens with one attached hydrogen (secondary N) is 2. The zero-order chi connectivity index (χ0) is 30.0. The van der Waals surface area contributed by atoms with Gasteiger partial charge in [0.1, 0.15) is 6.61 Å². The van der Waals surface area contributed by atoms with Gasteiger partial charge in [-0.3, -0.25) is 14.4 Å². The van der Waals surface area contributed by atoms with E-state index < -0.39 is 0 Å². The van der Waals surface area contributed by atoms with Gasteiger partial charge < -0.3 is 25.2 Å². The molecule has 0 aromatic heterocycles. The quantitative estimate of drug-likeness (QED) is 0.224. The van der Waals surface area contributed by atoms with Crippen LogP contribution in [0.1, 0.15) is 38.7 Å². The van der Waals surface area contributed by atoms with Gasteiger partial charge in [-0.1, -0.05) is 78.9 Å². The number of hydrogen-bond donors (Lipinski definition) is 3. The molecular formula is C32H46N2O6. The number of allylic oxidation sites excluding steroid dienone is 2. The van der Waals surface area contributed by atoms with E-state index in [9.17, 15) is 14.4 Å². The van der Waals surface area contributed by atoms with Crippen molar-refractivity contribution in [1.82, 2.24) is 10.6 Å². The Balaban J connectivity index is 0.000000878. The molecular weight excluding hydrogens is 508 g/mol. The van der Waals surface area contributed by atoms with Gasteiger partial charge in [0, 0.05) is 26.5 Å². The minimum atomic E-state index is -0.373. The average molecular weight is 555 g/mol. The number of amides is 2. The van der Waals surface area contributed by atoms with Gasteiger partial charge in [0.25, 0.3) is 0 Å². The van der Waals surface area contributed by atoms with Gasteiger partial charge in [0.15, 0.2) is 0 Å². The van der Waals surface area contributed by atoms with Crippen LogP contribution in [0.5, 0.6) is 0 Å². The molecule has 8 heteroatoms. The van der Waals surface area contributed by atoms with Crippen LogP contribution >= 0.6 is 0 Å². The van der Waals surface area contributed by atoms with Gasteiger partial charge in [-0.05, 0) is 31.7 Å². The fourth-order valence-corrected chi connectivity index (χ4v) is 3.31. The molecule has 2 amide bonds. The van der Waals surface area contributed by atoms with E-state index in [1.165, 1.54) is 6.92 Å². The third kappa shape index (κ3) is 20.2. The Morgan fingerprint density at radius 2 is 1.50 bits per heavy atom. The molecule has 0 aliphatic heterocycles. The highest BCUT2D eigenvalue weighted by molar-refractivity contribution is 5.76. The predicted octanol–water partition coefficient (Wildman–Crippen LogP) is 4.25. The van der Waals surface area contributed by atoms with Gasteiger partial charge in [-0.15, -0.1) is 13.2 Å². The van der Waals surface area contributed by atoms with Crippen LogP contribution in [0.4, 0.5) is 0 Å². The highest BCUT2D eigenvalue weighted by Gasteiger charge is 2.21. The second-order valence-corrected chi connectivity index (χ2v) is 9.03. The molecule has 0 saturated heterocycles. The normalized spacial score (nSPS) is 12.0. The van der Waals surface area contributed by atoms with E-state index in [0.717, 1.165) is 5.56 Å². The Morgan fingerprint density at radius 3 is 1.95 bits per heavy atom. The number of methoxy groups -OCH3 is 1. The topological polar surface area (TPSA) is 114 Å². The summed E-state index contributed by atoms with van der Waals surface area (Å²) in [7, 11) is 1.54. The first-order chi connectivity index (χ1) is 19.3. The average Bonchev–Trinajstić information content (AvgIpc) is 2.96. The minimum absolute atomic E-state index is 0.000417. The summed E-state index contributed by atoms with van der Waals surface area (Å²) in [6.07, 6.45) is 5.49. The predicted molar refractivity (Wildman–Crippen MR) is 159 cm³/mol. The van der Waals surface area contributed by atoms with E-state index in [4.69, 9.17) is 14.6 Å². The number of aliphatic hydroxyl groups is 1. The molecule has 0 spiro atoms.